The molecule has 2 rings (SSSR count). The summed E-state index contributed by atoms with van der Waals surface area (Å²) in [5.41, 5.74) is 2.59. The summed E-state index contributed by atoms with van der Waals surface area (Å²) in [7, 11) is 3.69. The van der Waals surface area contributed by atoms with E-state index in [4.69, 9.17) is 4.74 Å². The Morgan fingerprint density at radius 1 is 1.35 bits per heavy atom. The van der Waals surface area contributed by atoms with Crippen molar-refractivity contribution in [3.05, 3.63) is 30.0 Å². The van der Waals surface area contributed by atoms with Crippen LogP contribution in [-0.4, -0.2) is 18.7 Å². The van der Waals surface area contributed by atoms with Crippen molar-refractivity contribution in [3.63, 3.8) is 0 Å². The van der Waals surface area contributed by atoms with Gasteiger partial charge in [0, 0.05) is 29.2 Å². The number of rotatable bonds is 4. The van der Waals surface area contributed by atoms with Crippen LogP contribution in [0.2, 0.25) is 0 Å². The number of ether oxygens (including phenoxy) is 1. The van der Waals surface area contributed by atoms with E-state index >= 15 is 0 Å². The van der Waals surface area contributed by atoms with Gasteiger partial charge in [0.25, 0.3) is 0 Å². The van der Waals surface area contributed by atoms with E-state index in [9.17, 15) is 0 Å². The summed E-state index contributed by atoms with van der Waals surface area (Å²) < 4.78 is 7.61. The Morgan fingerprint density at radius 2 is 2.12 bits per heavy atom. The molecule has 0 saturated carbocycles. The van der Waals surface area contributed by atoms with Crippen molar-refractivity contribution in [2.24, 2.45) is 0 Å². The zero-order valence-corrected chi connectivity index (χ0v) is 10.9. The fourth-order valence-corrected chi connectivity index (χ4v) is 2.26. The van der Waals surface area contributed by atoms with Crippen molar-refractivity contribution in [2.45, 2.75) is 26.4 Å². The molecule has 0 aliphatic heterocycles. The Bertz CT molecular complexity index is 516. The molecule has 0 bridgehead atoms. The molecule has 1 aromatic carbocycles. The number of nitrogens with zero attached hydrogens (tertiary/aromatic N) is 1. The van der Waals surface area contributed by atoms with Crippen LogP contribution in [-0.2, 0) is 6.54 Å². The van der Waals surface area contributed by atoms with Gasteiger partial charge >= 0.3 is 0 Å². The molecule has 0 amide bonds. The van der Waals surface area contributed by atoms with Crippen LogP contribution in [0.4, 0.5) is 0 Å². The van der Waals surface area contributed by atoms with Gasteiger partial charge in [0.2, 0.25) is 0 Å². The first-order valence-electron chi connectivity index (χ1n) is 6.05. The third-order valence-corrected chi connectivity index (χ3v) is 3.33. The summed E-state index contributed by atoms with van der Waals surface area (Å²) in [6.07, 6.45) is 0. The van der Waals surface area contributed by atoms with Gasteiger partial charge in [0.1, 0.15) is 5.75 Å². The molecule has 1 unspecified atom stereocenters. The molecule has 0 aliphatic carbocycles. The molecular weight excluding hydrogens is 212 g/mol. The number of benzene rings is 1. The third-order valence-electron chi connectivity index (χ3n) is 3.33. The molecular formula is C14H20N2O. The second kappa shape index (κ2) is 4.80. The topological polar surface area (TPSA) is 26.2 Å². The Balaban J connectivity index is 2.61. The van der Waals surface area contributed by atoms with Gasteiger partial charge in [-0.25, -0.2) is 0 Å². The molecule has 2 aromatic rings. The fraction of sp³-hybridized carbons (Fsp3) is 0.429. The molecule has 1 atom stereocenters. The largest absolute Gasteiger partial charge is 0.497 e. The Hall–Kier alpha value is -1.48. The maximum Gasteiger partial charge on any atom is 0.119 e. The summed E-state index contributed by atoms with van der Waals surface area (Å²) in [6, 6.07) is 8.83. The molecule has 1 heterocycles. The van der Waals surface area contributed by atoms with Crippen LogP contribution >= 0.6 is 0 Å². The van der Waals surface area contributed by atoms with E-state index in [1.54, 1.807) is 7.11 Å². The average Bonchev–Trinajstić information content (AvgIpc) is 2.74. The van der Waals surface area contributed by atoms with Gasteiger partial charge in [0.15, 0.2) is 0 Å². The summed E-state index contributed by atoms with van der Waals surface area (Å²) in [5, 5.41) is 4.53. The first-order valence-corrected chi connectivity index (χ1v) is 6.05. The van der Waals surface area contributed by atoms with E-state index in [-0.39, 0.29) is 0 Å². The zero-order valence-electron chi connectivity index (χ0n) is 10.9. The van der Waals surface area contributed by atoms with E-state index < -0.39 is 0 Å². The van der Waals surface area contributed by atoms with Gasteiger partial charge in [-0.15, -0.1) is 0 Å². The molecule has 1 aromatic heterocycles. The SMILES string of the molecule is CCn1c(C(C)NC)cc2cc(OC)ccc21. The van der Waals surface area contributed by atoms with E-state index in [0.717, 1.165) is 12.3 Å². The van der Waals surface area contributed by atoms with Gasteiger partial charge < -0.3 is 14.6 Å². The first kappa shape index (κ1) is 12.0. The Kier molecular flexibility index (Phi) is 3.38. The van der Waals surface area contributed by atoms with Crippen LogP contribution in [0.3, 0.4) is 0 Å². The smallest absolute Gasteiger partial charge is 0.119 e. The lowest BCUT2D eigenvalue weighted by Gasteiger charge is -2.14. The monoisotopic (exact) mass is 232 g/mol. The Morgan fingerprint density at radius 3 is 2.71 bits per heavy atom. The summed E-state index contributed by atoms with van der Waals surface area (Å²) in [6.45, 7) is 5.34. The molecule has 3 heteroatoms. The van der Waals surface area contributed by atoms with Crippen LogP contribution < -0.4 is 10.1 Å². The molecule has 1 N–H and O–H groups in total. The molecule has 0 fully saturated rings. The van der Waals surface area contributed by atoms with E-state index in [2.05, 4.69) is 41.9 Å². The lowest BCUT2D eigenvalue weighted by molar-refractivity contribution is 0.415. The number of methoxy groups -OCH3 is 1. The van der Waals surface area contributed by atoms with E-state index in [0.29, 0.717) is 6.04 Å². The minimum atomic E-state index is 0.355. The highest BCUT2D eigenvalue weighted by Gasteiger charge is 2.12. The molecule has 17 heavy (non-hydrogen) atoms. The quantitative estimate of drug-likeness (QED) is 0.877. The number of hydrogen-bond acceptors (Lipinski definition) is 2. The average molecular weight is 232 g/mol. The van der Waals surface area contributed by atoms with Gasteiger partial charge in [-0.1, -0.05) is 0 Å². The van der Waals surface area contributed by atoms with Gasteiger partial charge in [-0.3, -0.25) is 0 Å². The van der Waals surface area contributed by atoms with Crippen LogP contribution in [0.15, 0.2) is 24.3 Å². The number of hydrogen-bond donors (Lipinski definition) is 1. The van der Waals surface area contributed by atoms with Gasteiger partial charge in [0.05, 0.1) is 7.11 Å². The van der Waals surface area contributed by atoms with Crippen molar-refractivity contribution in [2.75, 3.05) is 14.2 Å². The van der Waals surface area contributed by atoms with Gasteiger partial charge in [-0.05, 0) is 45.2 Å². The van der Waals surface area contributed by atoms with Gasteiger partial charge in [-0.2, -0.15) is 0 Å². The predicted octanol–water partition coefficient (Wildman–Crippen LogP) is 2.95. The highest BCUT2D eigenvalue weighted by Crippen LogP contribution is 2.27. The fourth-order valence-electron chi connectivity index (χ4n) is 2.26. The Labute approximate surface area is 102 Å². The standard InChI is InChI=1S/C14H20N2O/c1-5-16-13-7-6-12(17-4)8-11(13)9-14(16)10(2)15-3/h6-10,15H,5H2,1-4H3. The van der Waals surface area contributed by atoms with Crippen LogP contribution in [0.5, 0.6) is 5.75 Å². The second-order valence-electron chi connectivity index (χ2n) is 4.25. The predicted molar refractivity (Wildman–Crippen MR) is 71.6 cm³/mol. The summed E-state index contributed by atoms with van der Waals surface area (Å²) in [4.78, 5) is 0. The molecule has 0 aliphatic rings. The van der Waals surface area contributed by atoms with Crippen LogP contribution in [0.1, 0.15) is 25.6 Å². The normalized spacial score (nSPS) is 12.9. The molecule has 92 valence electrons. The highest BCUT2D eigenvalue weighted by molar-refractivity contribution is 5.83. The van der Waals surface area contributed by atoms with Crippen molar-refractivity contribution in [3.8, 4) is 5.75 Å². The van der Waals surface area contributed by atoms with Crippen LogP contribution in [0, 0.1) is 0 Å². The zero-order chi connectivity index (χ0) is 12.4. The van der Waals surface area contributed by atoms with Crippen molar-refractivity contribution < 1.29 is 4.74 Å². The third kappa shape index (κ3) is 2.03. The molecule has 3 nitrogen and oxygen atoms in total. The summed E-state index contributed by atoms with van der Waals surface area (Å²) >= 11 is 0. The number of nitrogens with one attached hydrogen (secondary N) is 1. The summed E-state index contributed by atoms with van der Waals surface area (Å²) in [5.74, 6) is 0.911. The number of fused-ring (bicyclic) bond motifs is 1. The van der Waals surface area contributed by atoms with Crippen molar-refractivity contribution >= 4 is 10.9 Å². The second-order valence-corrected chi connectivity index (χ2v) is 4.25. The van der Waals surface area contributed by atoms with E-state index in [1.807, 2.05) is 13.1 Å². The minimum Gasteiger partial charge on any atom is -0.497 e. The lowest BCUT2D eigenvalue weighted by Crippen LogP contribution is -2.16. The van der Waals surface area contributed by atoms with Crippen LogP contribution in [0.25, 0.3) is 10.9 Å². The number of aromatic nitrogens is 1. The van der Waals surface area contributed by atoms with E-state index in [1.165, 1.54) is 16.6 Å². The van der Waals surface area contributed by atoms with Crippen molar-refractivity contribution in [1.82, 2.24) is 9.88 Å². The number of aryl methyl sites for hydroxylation is 1. The van der Waals surface area contributed by atoms with Crippen molar-refractivity contribution in [1.29, 1.82) is 0 Å². The molecule has 0 radical (unpaired) electrons. The molecule has 0 spiro atoms. The molecule has 0 saturated heterocycles. The maximum absolute atomic E-state index is 5.27. The minimum absolute atomic E-state index is 0.355. The lowest BCUT2D eigenvalue weighted by atomic mass is 10.2. The maximum atomic E-state index is 5.27. The first-order chi connectivity index (χ1) is 8.21. The highest BCUT2D eigenvalue weighted by atomic mass is 16.5.